The molecular weight excluding hydrogens is 214 g/mol. The van der Waals surface area contributed by atoms with Crippen molar-refractivity contribution < 1.29 is 4.79 Å². The molecule has 2 heterocycles. The highest BCUT2D eigenvalue weighted by Crippen LogP contribution is 2.24. The Labute approximate surface area is 102 Å². The van der Waals surface area contributed by atoms with Crippen LogP contribution in [0.3, 0.4) is 0 Å². The Morgan fingerprint density at radius 1 is 1.53 bits per heavy atom. The molecule has 2 rings (SSSR count). The summed E-state index contributed by atoms with van der Waals surface area (Å²) in [5.74, 6) is 0.826. The molecule has 92 valence electrons. The first-order valence-electron chi connectivity index (χ1n) is 6.24. The second-order valence-corrected chi connectivity index (χ2v) is 4.60. The number of amides is 1. The monoisotopic (exact) mass is 233 g/mol. The van der Waals surface area contributed by atoms with Crippen molar-refractivity contribution in [1.82, 2.24) is 4.98 Å². The van der Waals surface area contributed by atoms with Crippen LogP contribution in [0.4, 0.5) is 5.82 Å². The van der Waals surface area contributed by atoms with Crippen LogP contribution >= 0.6 is 0 Å². The van der Waals surface area contributed by atoms with Gasteiger partial charge in [0, 0.05) is 18.7 Å². The van der Waals surface area contributed by atoms with Crippen molar-refractivity contribution in [2.45, 2.75) is 44.6 Å². The van der Waals surface area contributed by atoms with E-state index in [0.29, 0.717) is 12.5 Å². The van der Waals surface area contributed by atoms with Crippen LogP contribution in [0.2, 0.25) is 0 Å². The first kappa shape index (κ1) is 11.9. The van der Waals surface area contributed by atoms with E-state index >= 15 is 0 Å². The van der Waals surface area contributed by atoms with Gasteiger partial charge in [-0.15, -0.1) is 0 Å². The second-order valence-electron chi connectivity index (χ2n) is 4.60. The lowest BCUT2D eigenvalue weighted by atomic mass is 9.97. The fourth-order valence-electron chi connectivity index (χ4n) is 2.27. The second kappa shape index (κ2) is 5.66. The molecule has 1 aromatic heterocycles. The SMILES string of the molecule is NC(=O)CCCCC1CCc2cccnc2N1. The zero-order valence-corrected chi connectivity index (χ0v) is 9.98. The van der Waals surface area contributed by atoms with Crippen molar-refractivity contribution in [3.63, 3.8) is 0 Å². The summed E-state index contributed by atoms with van der Waals surface area (Å²) in [6.07, 6.45) is 7.59. The van der Waals surface area contributed by atoms with Gasteiger partial charge in [-0.2, -0.15) is 0 Å². The molecule has 0 aliphatic carbocycles. The molecule has 0 aromatic carbocycles. The number of primary amides is 1. The molecule has 4 nitrogen and oxygen atoms in total. The molecule has 3 N–H and O–H groups in total. The molecule has 1 unspecified atom stereocenters. The van der Waals surface area contributed by atoms with Gasteiger partial charge in [0.1, 0.15) is 5.82 Å². The smallest absolute Gasteiger partial charge is 0.217 e. The van der Waals surface area contributed by atoms with Gasteiger partial charge in [-0.25, -0.2) is 4.98 Å². The van der Waals surface area contributed by atoms with E-state index in [4.69, 9.17) is 5.73 Å². The van der Waals surface area contributed by atoms with E-state index < -0.39 is 0 Å². The molecule has 0 saturated heterocycles. The first-order valence-corrected chi connectivity index (χ1v) is 6.24. The number of hydrogen-bond acceptors (Lipinski definition) is 3. The molecule has 0 saturated carbocycles. The lowest BCUT2D eigenvalue weighted by molar-refractivity contribution is -0.118. The fourth-order valence-corrected chi connectivity index (χ4v) is 2.27. The van der Waals surface area contributed by atoms with Gasteiger partial charge in [0.25, 0.3) is 0 Å². The van der Waals surface area contributed by atoms with Crippen LogP contribution in [-0.4, -0.2) is 16.9 Å². The number of aromatic nitrogens is 1. The van der Waals surface area contributed by atoms with Gasteiger partial charge in [-0.3, -0.25) is 4.79 Å². The van der Waals surface area contributed by atoms with Gasteiger partial charge in [0.15, 0.2) is 0 Å². The van der Waals surface area contributed by atoms with Gasteiger partial charge in [0.05, 0.1) is 0 Å². The third-order valence-corrected chi connectivity index (χ3v) is 3.22. The number of rotatable bonds is 5. The summed E-state index contributed by atoms with van der Waals surface area (Å²) in [4.78, 5) is 15.0. The number of carbonyl (C=O) groups is 1. The van der Waals surface area contributed by atoms with Crippen molar-refractivity contribution >= 4 is 11.7 Å². The number of nitrogens with two attached hydrogens (primary N) is 1. The van der Waals surface area contributed by atoms with Crippen LogP contribution < -0.4 is 11.1 Å². The van der Waals surface area contributed by atoms with Crippen molar-refractivity contribution in [3.05, 3.63) is 23.9 Å². The van der Waals surface area contributed by atoms with E-state index in [0.717, 1.165) is 37.9 Å². The zero-order chi connectivity index (χ0) is 12.1. The van der Waals surface area contributed by atoms with Crippen molar-refractivity contribution in [1.29, 1.82) is 0 Å². The number of nitrogens with one attached hydrogen (secondary N) is 1. The highest BCUT2D eigenvalue weighted by atomic mass is 16.1. The molecule has 1 aliphatic heterocycles. The standard InChI is InChI=1S/C13H19N3O/c14-12(17)6-2-1-5-11-8-7-10-4-3-9-15-13(10)16-11/h3-4,9,11H,1-2,5-8H2,(H2,14,17)(H,15,16). The quantitative estimate of drug-likeness (QED) is 0.763. The summed E-state index contributed by atoms with van der Waals surface area (Å²) < 4.78 is 0. The molecule has 17 heavy (non-hydrogen) atoms. The molecule has 1 amide bonds. The summed E-state index contributed by atoms with van der Waals surface area (Å²) in [7, 11) is 0. The molecule has 1 aromatic rings. The number of nitrogens with zero attached hydrogens (tertiary/aromatic N) is 1. The van der Waals surface area contributed by atoms with E-state index in [2.05, 4.69) is 16.4 Å². The number of aryl methyl sites for hydroxylation is 1. The number of anilines is 1. The molecule has 0 bridgehead atoms. The molecule has 4 heteroatoms. The van der Waals surface area contributed by atoms with Crippen molar-refractivity contribution in [3.8, 4) is 0 Å². The number of pyridine rings is 1. The van der Waals surface area contributed by atoms with Gasteiger partial charge < -0.3 is 11.1 Å². The summed E-state index contributed by atoms with van der Waals surface area (Å²) in [5.41, 5.74) is 6.42. The highest BCUT2D eigenvalue weighted by molar-refractivity contribution is 5.73. The van der Waals surface area contributed by atoms with E-state index in [1.807, 2.05) is 12.3 Å². The Balaban J connectivity index is 1.76. The summed E-state index contributed by atoms with van der Waals surface area (Å²) in [6, 6.07) is 4.59. The van der Waals surface area contributed by atoms with Crippen molar-refractivity contribution in [2.75, 3.05) is 5.32 Å². The average Bonchev–Trinajstić information content (AvgIpc) is 2.34. The molecule has 0 radical (unpaired) electrons. The maximum atomic E-state index is 10.6. The Morgan fingerprint density at radius 3 is 3.24 bits per heavy atom. The van der Waals surface area contributed by atoms with E-state index in [1.54, 1.807) is 0 Å². The molecule has 1 aliphatic rings. The van der Waals surface area contributed by atoms with Crippen LogP contribution in [0.5, 0.6) is 0 Å². The maximum Gasteiger partial charge on any atom is 0.217 e. The lowest BCUT2D eigenvalue weighted by Crippen LogP contribution is -2.26. The Morgan fingerprint density at radius 2 is 2.41 bits per heavy atom. The number of fused-ring (bicyclic) bond motifs is 1. The topological polar surface area (TPSA) is 68.0 Å². The summed E-state index contributed by atoms with van der Waals surface area (Å²) in [5, 5.41) is 3.46. The minimum Gasteiger partial charge on any atom is -0.370 e. The number of unbranched alkanes of at least 4 members (excludes halogenated alkanes) is 1. The van der Waals surface area contributed by atoms with Gasteiger partial charge in [-0.1, -0.05) is 12.5 Å². The molecule has 0 spiro atoms. The minimum atomic E-state index is -0.200. The largest absolute Gasteiger partial charge is 0.370 e. The molecule has 0 fully saturated rings. The third-order valence-electron chi connectivity index (χ3n) is 3.22. The Bertz CT molecular complexity index is 392. The summed E-state index contributed by atoms with van der Waals surface area (Å²) in [6.45, 7) is 0. The van der Waals surface area contributed by atoms with E-state index in [1.165, 1.54) is 5.56 Å². The minimum absolute atomic E-state index is 0.200. The van der Waals surface area contributed by atoms with Crippen LogP contribution in [0.25, 0.3) is 0 Å². The highest BCUT2D eigenvalue weighted by Gasteiger charge is 2.17. The molecule has 1 atom stereocenters. The van der Waals surface area contributed by atoms with Crippen molar-refractivity contribution in [2.24, 2.45) is 5.73 Å². The van der Waals surface area contributed by atoms with Gasteiger partial charge >= 0.3 is 0 Å². The van der Waals surface area contributed by atoms with E-state index in [9.17, 15) is 4.79 Å². The van der Waals surface area contributed by atoms with Crippen LogP contribution in [0.1, 0.15) is 37.7 Å². The summed E-state index contributed by atoms with van der Waals surface area (Å²) >= 11 is 0. The van der Waals surface area contributed by atoms with Crippen LogP contribution in [0.15, 0.2) is 18.3 Å². The zero-order valence-electron chi connectivity index (χ0n) is 9.98. The van der Waals surface area contributed by atoms with E-state index in [-0.39, 0.29) is 5.91 Å². The number of carbonyl (C=O) groups excluding carboxylic acids is 1. The average molecular weight is 233 g/mol. The molecular formula is C13H19N3O. The normalized spacial score (nSPS) is 18.2. The van der Waals surface area contributed by atoms with Gasteiger partial charge in [0.2, 0.25) is 5.91 Å². The van der Waals surface area contributed by atoms with Gasteiger partial charge in [-0.05, 0) is 37.3 Å². The first-order chi connectivity index (χ1) is 8.25. The predicted octanol–water partition coefficient (Wildman–Crippen LogP) is 1.85. The fraction of sp³-hybridized carbons (Fsp3) is 0.538. The number of hydrogen-bond donors (Lipinski definition) is 2. The Hall–Kier alpha value is -1.58. The van der Waals surface area contributed by atoms with Crippen LogP contribution in [-0.2, 0) is 11.2 Å². The predicted molar refractivity (Wildman–Crippen MR) is 67.6 cm³/mol. The maximum absolute atomic E-state index is 10.6. The lowest BCUT2D eigenvalue weighted by Gasteiger charge is -2.25. The Kier molecular flexibility index (Phi) is 3.96. The third kappa shape index (κ3) is 3.44. The van der Waals surface area contributed by atoms with Crippen LogP contribution in [0, 0.1) is 0 Å².